The Balaban J connectivity index is 1.68. The van der Waals surface area contributed by atoms with Crippen LogP contribution in [0.15, 0.2) is 42.5 Å². The Morgan fingerprint density at radius 1 is 1.05 bits per heavy atom. The molecule has 2 aliphatic rings. The second-order valence-electron chi connectivity index (χ2n) is 6.38. The van der Waals surface area contributed by atoms with Gasteiger partial charge in [0.2, 0.25) is 0 Å². The van der Waals surface area contributed by atoms with E-state index in [2.05, 4.69) is 30.3 Å². The summed E-state index contributed by atoms with van der Waals surface area (Å²) >= 11 is 0. The molecule has 2 aromatic carbocycles. The fraction of sp³-hybridized carbons (Fsp3) is 0.368. The first kappa shape index (κ1) is 12.9. The largest absolute Gasteiger partial charge is 0.493 e. The number of hydrogen-bond donors (Lipinski definition) is 1. The summed E-state index contributed by atoms with van der Waals surface area (Å²) in [5, 5.41) is 0. The van der Waals surface area contributed by atoms with E-state index in [1.54, 1.807) is 0 Å². The van der Waals surface area contributed by atoms with Gasteiger partial charge >= 0.3 is 0 Å². The zero-order valence-corrected chi connectivity index (χ0v) is 12.3. The third-order valence-corrected chi connectivity index (χ3v) is 4.91. The average Bonchev–Trinajstić information content (AvgIpc) is 2.95. The van der Waals surface area contributed by atoms with Crippen LogP contribution >= 0.6 is 0 Å². The Kier molecular flexibility index (Phi) is 3.00. The molecular formula is C19H21NO. The van der Waals surface area contributed by atoms with Crippen LogP contribution in [0.2, 0.25) is 0 Å². The van der Waals surface area contributed by atoms with E-state index in [9.17, 15) is 0 Å². The maximum atomic E-state index is 6.77. The van der Waals surface area contributed by atoms with Crippen molar-refractivity contribution in [2.75, 3.05) is 6.61 Å². The molecule has 0 saturated carbocycles. The quantitative estimate of drug-likeness (QED) is 0.915. The molecule has 108 valence electrons. The molecule has 0 radical (unpaired) electrons. The maximum absolute atomic E-state index is 6.77. The molecule has 2 nitrogen and oxygen atoms in total. The molecule has 2 N–H and O–H groups in total. The molecule has 0 fully saturated rings. The number of nitrogens with two attached hydrogens (primary N) is 1. The summed E-state index contributed by atoms with van der Waals surface area (Å²) in [5.41, 5.74) is 12.0. The summed E-state index contributed by atoms with van der Waals surface area (Å²) in [4.78, 5) is 0. The lowest BCUT2D eigenvalue weighted by atomic mass is 9.80. The minimum atomic E-state index is -0.304. The van der Waals surface area contributed by atoms with Crippen LogP contribution in [0.1, 0.15) is 35.1 Å². The molecular weight excluding hydrogens is 258 g/mol. The van der Waals surface area contributed by atoms with Crippen molar-refractivity contribution in [3.05, 3.63) is 64.7 Å². The summed E-state index contributed by atoms with van der Waals surface area (Å²) in [7, 11) is 0. The molecule has 1 atom stereocenters. The number of rotatable bonds is 2. The van der Waals surface area contributed by atoms with Gasteiger partial charge in [0.15, 0.2) is 0 Å². The molecule has 4 rings (SSSR count). The highest BCUT2D eigenvalue weighted by atomic mass is 16.5. The van der Waals surface area contributed by atoms with E-state index >= 15 is 0 Å². The van der Waals surface area contributed by atoms with Gasteiger partial charge in [-0.15, -0.1) is 0 Å². The van der Waals surface area contributed by atoms with Gasteiger partial charge in [-0.05, 0) is 48.4 Å². The fourth-order valence-corrected chi connectivity index (χ4v) is 3.76. The monoisotopic (exact) mass is 279 g/mol. The van der Waals surface area contributed by atoms with Gasteiger partial charge in [-0.1, -0.05) is 36.4 Å². The van der Waals surface area contributed by atoms with Crippen LogP contribution in [-0.2, 0) is 24.8 Å². The number of ether oxygens (including phenoxy) is 1. The summed E-state index contributed by atoms with van der Waals surface area (Å²) in [5.74, 6) is 0.951. The van der Waals surface area contributed by atoms with E-state index in [1.807, 2.05) is 12.1 Å². The fourth-order valence-electron chi connectivity index (χ4n) is 3.76. The predicted molar refractivity (Wildman–Crippen MR) is 84.6 cm³/mol. The van der Waals surface area contributed by atoms with Crippen molar-refractivity contribution in [1.82, 2.24) is 0 Å². The number of benzene rings is 2. The number of para-hydroxylation sites is 1. The Bertz CT molecular complexity index is 679. The lowest BCUT2D eigenvalue weighted by Gasteiger charge is -2.35. The zero-order chi connectivity index (χ0) is 14.3. The SMILES string of the molecule is NC1(Cc2ccc3c(c2)CCC3)CCOc2ccccc21. The highest BCUT2D eigenvalue weighted by Crippen LogP contribution is 2.37. The van der Waals surface area contributed by atoms with Crippen molar-refractivity contribution in [2.24, 2.45) is 5.73 Å². The molecule has 1 heterocycles. The van der Waals surface area contributed by atoms with Crippen LogP contribution in [0.3, 0.4) is 0 Å². The van der Waals surface area contributed by atoms with Crippen LogP contribution < -0.4 is 10.5 Å². The zero-order valence-electron chi connectivity index (χ0n) is 12.3. The molecule has 0 spiro atoms. The predicted octanol–water partition coefficient (Wildman–Crippen LogP) is 3.35. The Morgan fingerprint density at radius 2 is 1.90 bits per heavy atom. The number of fused-ring (bicyclic) bond motifs is 2. The van der Waals surface area contributed by atoms with Gasteiger partial charge < -0.3 is 10.5 Å². The van der Waals surface area contributed by atoms with Gasteiger partial charge in [0.05, 0.1) is 12.1 Å². The summed E-state index contributed by atoms with van der Waals surface area (Å²) in [6, 6.07) is 15.1. The second kappa shape index (κ2) is 4.88. The van der Waals surface area contributed by atoms with Crippen LogP contribution in [0.25, 0.3) is 0 Å². The van der Waals surface area contributed by atoms with Crippen molar-refractivity contribution in [1.29, 1.82) is 0 Å². The third-order valence-electron chi connectivity index (χ3n) is 4.91. The van der Waals surface area contributed by atoms with Gasteiger partial charge in [0, 0.05) is 12.0 Å². The minimum Gasteiger partial charge on any atom is -0.493 e. The highest BCUT2D eigenvalue weighted by Gasteiger charge is 2.34. The standard InChI is InChI=1S/C19H21NO/c20-19(10-11-21-18-7-2-1-6-17(18)19)13-14-8-9-15-4-3-5-16(15)12-14/h1-2,6-9,12H,3-5,10-11,13,20H2. The van der Waals surface area contributed by atoms with Crippen LogP contribution in [0.5, 0.6) is 5.75 Å². The molecule has 0 saturated heterocycles. The molecule has 1 aliphatic heterocycles. The smallest absolute Gasteiger partial charge is 0.124 e. The van der Waals surface area contributed by atoms with E-state index in [4.69, 9.17) is 10.5 Å². The number of aryl methyl sites for hydroxylation is 2. The Morgan fingerprint density at radius 3 is 2.86 bits per heavy atom. The van der Waals surface area contributed by atoms with Crippen molar-refractivity contribution in [2.45, 2.75) is 37.6 Å². The lowest BCUT2D eigenvalue weighted by molar-refractivity contribution is 0.215. The first-order valence-corrected chi connectivity index (χ1v) is 7.86. The summed E-state index contributed by atoms with van der Waals surface area (Å²) < 4.78 is 5.75. The summed E-state index contributed by atoms with van der Waals surface area (Å²) in [6.45, 7) is 0.707. The van der Waals surface area contributed by atoms with Crippen LogP contribution in [-0.4, -0.2) is 6.61 Å². The van der Waals surface area contributed by atoms with Crippen molar-refractivity contribution in [3.8, 4) is 5.75 Å². The molecule has 0 amide bonds. The van der Waals surface area contributed by atoms with Crippen molar-refractivity contribution < 1.29 is 4.74 Å². The van der Waals surface area contributed by atoms with E-state index in [0.717, 1.165) is 24.2 Å². The van der Waals surface area contributed by atoms with E-state index < -0.39 is 0 Å². The normalized spacial score (nSPS) is 23.3. The molecule has 0 bridgehead atoms. The van der Waals surface area contributed by atoms with E-state index in [1.165, 1.54) is 36.0 Å². The van der Waals surface area contributed by atoms with Gasteiger partial charge in [0.1, 0.15) is 5.75 Å². The van der Waals surface area contributed by atoms with E-state index in [0.29, 0.717) is 6.61 Å². The Hall–Kier alpha value is -1.80. The van der Waals surface area contributed by atoms with Gasteiger partial charge in [-0.3, -0.25) is 0 Å². The molecule has 21 heavy (non-hydrogen) atoms. The molecule has 1 aliphatic carbocycles. The lowest BCUT2D eigenvalue weighted by Crippen LogP contribution is -2.43. The van der Waals surface area contributed by atoms with Crippen molar-refractivity contribution >= 4 is 0 Å². The molecule has 0 aromatic heterocycles. The third kappa shape index (κ3) is 2.24. The topological polar surface area (TPSA) is 35.2 Å². The first-order chi connectivity index (χ1) is 10.2. The minimum absolute atomic E-state index is 0.304. The molecule has 2 heteroatoms. The molecule has 1 unspecified atom stereocenters. The maximum Gasteiger partial charge on any atom is 0.124 e. The Labute approximate surface area is 125 Å². The van der Waals surface area contributed by atoms with Gasteiger partial charge in [-0.25, -0.2) is 0 Å². The van der Waals surface area contributed by atoms with E-state index in [-0.39, 0.29) is 5.54 Å². The molecule has 2 aromatic rings. The first-order valence-electron chi connectivity index (χ1n) is 7.86. The van der Waals surface area contributed by atoms with Crippen LogP contribution in [0.4, 0.5) is 0 Å². The highest BCUT2D eigenvalue weighted by molar-refractivity contribution is 5.43. The van der Waals surface area contributed by atoms with Crippen LogP contribution in [0, 0.1) is 0 Å². The van der Waals surface area contributed by atoms with Gasteiger partial charge in [-0.2, -0.15) is 0 Å². The average molecular weight is 279 g/mol. The van der Waals surface area contributed by atoms with Gasteiger partial charge in [0.25, 0.3) is 0 Å². The second-order valence-corrected chi connectivity index (χ2v) is 6.38. The van der Waals surface area contributed by atoms with Crippen molar-refractivity contribution in [3.63, 3.8) is 0 Å². The summed E-state index contributed by atoms with van der Waals surface area (Å²) in [6.07, 6.45) is 5.52. The number of hydrogen-bond acceptors (Lipinski definition) is 2.